The molecule has 0 saturated heterocycles. The van der Waals surface area contributed by atoms with Crippen molar-refractivity contribution in [2.45, 2.75) is 37.1 Å². The van der Waals surface area contributed by atoms with Gasteiger partial charge in [0.25, 0.3) is 5.91 Å². The largest absolute Gasteiger partial charge is 0.348 e. The van der Waals surface area contributed by atoms with Gasteiger partial charge in [-0.2, -0.15) is 0 Å². The Kier molecular flexibility index (Phi) is 6.97. The van der Waals surface area contributed by atoms with Crippen LogP contribution in [0.4, 0.5) is 0 Å². The molecule has 0 fully saturated rings. The van der Waals surface area contributed by atoms with Crippen LogP contribution in [0.25, 0.3) is 0 Å². The van der Waals surface area contributed by atoms with E-state index in [4.69, 9.17) is 0 Å². The summed E-state index contributed by atoms with van der Waals surface area (Å²) >= 11 is 0. The first-order chi connectivity index (χ1) is 13.0. The minimum Gasteiger partial charge on any atom is -0.348 e. The third-order valence-corrected chi connectivity index (χ3v) is 6.21. The summed E-state index contributed by atoms with van der Waals surface area (Å²) in [4.78, 5) is 12.4. The average Bonchev–Trinajstić information content (AvgIpc) is 2.58. The van der Waals surface area contributed by atoms with E-state index >= 15 is 0 Å². The maximum atomic E-state index is 12.3. The number of carbonyl (C=O) groups is 1. The molecule has 2 aromatic carbocycles. The van der Waals surface area contributed by atoms with Gasteiger partial charge in [0.15, 0.2) is 9.84 Å². The van der Waals surface area contributed by atoms with Gasteiger partial charge in [-0.15, -0.1) is 0 Å². The molecule has 28 heavy (non-hydrogen) atoms. The van der Waals surface area contributed by atoms with Gasteiger partial charge in [-0.3, -0.25) is 4.79 Å². The lowest BCUT2D eigenvalue weighted by Crippen LogP contribution is -2.30. The second kappa shape index (κ2) is 8.85. The molecule has 0 atom stereocenters. The predicted octanol–water partition coefficient (Wildman–Crippen LogP) is 1.85. The fourth-order valence-electron chi connectivity index (χ4n) is 2.54. The highest BCUT2D eigenvalue weighted by molar-refractivity contribution is 7.90. The number of nitrogens with one attached hydrogen (secondary N) is 2. The molecular weight excluding hydrogens is 400 g/mol. The van der Waals surface area contributed by atoms with E-state index in [1.54, 1.807) is 50.2 Å². The van der Waals surface area contributed by atoms with Crippen molar-refractivity contribution in [3.8, 4) is 0 Å². The lowest BCUT2D eigenvalue weighted by molar-refractivity contribution is 0.0951. The average molecular weight is 425 g/mol. The Morgan fingerprint density at radius 1 is 0.964 bits per heavy atom. The molecule has 0 bridgehead atoms. The Morgan fingerprint density at radius 3 is 2.18 bits per heavy atom. The van der Waals surface area contributed by atoms with E-state index < -0.39 is 19.9 Å². The molecule has 0 unspecified atom stereocenters. The van der Waals surface area contributed by atoms with Crippen molar-refractivity contribution in [2.24, 2.45) is 0 Å². The van der Waals surface area contributed by atoms with Crippen LogP contribution in [0.5, 0.6) is 0 Å². The molecular formula is C19H24N2O5S2. The number of hydrogen-bond acceptors (Lipinski definition) is 5. The van der Waals surface area contributed by atoms with Gasteiger partial charge in [0, 0.05) is 24.4 Å². The smallest absolute Gasteiger partial charge is 0.251 e. The normalized spacial score (nSPS) is 12.1. The van der Waals surface area contributed by atoms with Crippen LogP contribution < -0.4 is 10.0 Å². The molecule has 9 heteroatoms. The molecule has 0 aliphatic rings. The summed E-state index contributed by atoms with van der Waals surface area (Å²) in [5.41, 5.74) is 1.64. The summed E-state index contributed by atoms with van der Waals surface area (Å²) in [5, 5.41) is 2.73. The molecule has 0 aromatic heterocycles. The van der Waals surface area contributed by atoms with Crippen molar-refractivity contribution in [1.29, 1.82) is 0 Å². The molecule has 0 aliphatic carbocycles. The van der Waals surface area contributed by atoms with E-state index in [9.17, 15) is 21.6 Å². The third-order valence-electron chi connectivity index (χ3n) is 3.70. The van der Waals surface area contributed by atoms with Crippen LogP contribution in [-0.4, -0.2) is 35.0 Å². The highest BCUT2D eigenvalue weighted by Gasteiger charge is 2.15. The number of sulfone groups is 1. The second-order valence-corrected chi connectivity index (χ2v) is 10.7. The standard InChI is InChI=1S/C19H24N2O5S2/c1-14(2)21-28(25,26)18-6-4-5-16(11-18)12-20-19(22)17-9-7-15(8-10-17)13-27(3,23)24/h4-11,14,21H,12-13H2,1-3H3,(H,20,22). The zero-order valence-corrected chi connectivity index (χ0v) is 17.6. The topological polar surface area (TPSA) is 109 Å². The van der Waals surface area contributed by atoms with E-state index in [0.29, 0.717) is 16.7 Å². The van der Waals surface area contributed by atoms with Crippen LogP contribution in [0.15, 0.2) is 53.4 Å². The van der Waals surface area contributed by atoms with Crippen LogP contribution in [0, 0.1) is 0 Å². The van der Waals surface area contributed by atoms with Crippen LogP contribution in [0.2, 0.25) is 0 Å². The SMILES string of the molecule is CC(C)NS(=O)(=O)c1cccc(CNC(=O)c2ccc(CS(C)(=O)=O)cc2)c1. The Balaban J connectivity index is 2.04. The van der Waals surface area contributed by atoms with Crippen LogP contribution in [0.1, 0.15) is 35.3 Å². The van der Waals surface area contributed by atoms with Gasteiger partial charge in [0.2, 0.25) is 10.0 Å². The van der Waals surface area contributed by atoms with Gasteiger partial charge in [-0.1, -0.05) is 24.3 Å². The zero-order chi connectivity index (χ0) is 20.9. The zero-order valence-electron chi connectivity index (χ0n) is 16.0. The quantitative estimate of drug-likeness (QED) is 0.672. The lowest BCUT2D eigenvalue weighted by atomic mass is 10.1. The van der Waals surface area contributed by atoms with Gasteiger partial charge in [-0.25, -0.2) is 21.6 Å². The van der Waals surface area contributed by atoms with E-state index in [-0.39, 0.29) is 29.1 Å². The van der Waals surface area contributed by atoms with Crippen molar-refractivity contribution >= 4 is 25.8 Å². The van der Waals surface area contributed by atoms with E-state index in [1.807, 2.05) is 0 Å². The van der Waals surface area contributed by atoms with Crippen molar-refractivity contribution in [2.75, 3.05) is 6.26 Å². The minimum atomic E-state index is -3.60. The van der Waals surface area contributed by atoms with Gasteiger partial charge < -0.3 is 5.32 Å². The molecule has 7 nitrogen and oxygen atoms in total. The third kappa shape index (κ3) is 6.74. The number of rotatable bonds is 8. The Labute approximate surface area is 166 Å². The molecule has 2 N–H and O–H groups in total. The van der Waals surface area contributed by atoms with Crippen LogP contribution in [-0.2, 0) is 32.2 Å². The van der Waals surface area contributed by atoms with E-state index in [2.05, 4.69) is 10.0 Å². The number of benzene rings is 2. The number of sulfonamides is 1. The molecule has 0 aliphatic heterocycles. The Morgan fingerprint density at radius 2 is 1.61 bits per heavy atom. The predicted molar refractivity (Wildman–Crippen MR) is 108 cm³/mol. The molecule has 152 valence electrons. The summed E-state index contributed by atoms with van der Waals surface area (Å²) in [7, 11) is -6.74. The highest BCUT2D eigenvalue weighted by Crippen LogP contribution is 2.13. The molecule has 0 heterocycles. The van der Waals surface area contributed by atoms with Crippen molar-refractivity contribution < 1.29 is 21.6 Å². The van der Waals surface area contributed by atoms with Crippen LogP contribution >= 0.6 is 0 Å². The van der Waals surface area contributed by atoms with Crippen molar-refractivity contribution in [1.82, 2.24) is 10.0 Å². The van der Waals surface area contributed by atoms with Crippen molar-refractivity contribution in [3.05, 3.63) is 65.2 Å². The van der Waals surface area contributed by atoms with Gasteiger partial charge in [0.1, 0.15) is 0 Å². The summed E-state index contributed by atoms with van der Waals surface area (Å²) in [6.07, 6.45) is 1.15. The molecule has 0 radical (unpaired) electrons. The van der Waals surface area contributed by atoms with Crippen molar-refractivity contribution in [3.63, 3.8) is 0 Å². The monoisotopic (exact) mass is 424 g/mol. The molecule has 0 spiro atoms. The first-order valence-electron chi connectivity index (χ1n) is 8.62. The summed E-state index contributed by atoms with van der Waals surface area (Å²) in [6, 6.07) is 12.4. The maximum Gasteiger partial charge on any atom is 0.251 e. The number of hydrogen-bond donors (Lipinski definition) is 2. The van der Waals surface area contributed by atoms with E-state index in [0.717, 1.165) is 6.26 Å². The lowest BCUT2D eigenvalue weighted by Gasteiger charge is -2.11. The van der Waals surface area contributed by atoms with Gasteiger partial charge in [0.05, 0.1) is 10.6 Å². The molecule has 2 rings (SSSR count). The van der Waals surface area contributed by atoms with E-state index in [1.165, 1.54) is 12.1 Å². The summed E-state index contributed by atoms with van der Waals surface area (Å²) in [6.45, 7) is 3.64. The minimum absolute atomic E-state index is 0.0828. The summed E-state index contributed by atoms with van der Waals surface area (Å²) < 4.78 is 49.6. The molecule has 2 aromatic rings. The first kappa shape index (κ1) is 22.1. The highest BCUT2D eigenvalue weighted by atomic mass is 32.2. The van der Waals surface area contributed by atoms with Gasteiger partial charge in [-0.05, 0) is 49.2 Å². The Hall–Kier alpha value is -2.23. The molecule has 0 saturated carbocycles. The summed E-state index contributed by atoms with van der Waals surface area (Å²) in [5.74, 6) is -0.417. The molecule has 1 amide bonds. The van der Waals surface area contributed by atoms with Gasteiger partial charge >= 0.3 is 0 Å². The second-order valence-electron chi connectivity index (χ2n) is 6.87. The maximum absolute atomic E-state index is 12.3. The number of carbonyl (C=O) groups excluding carboxylic acids is 1. The van der Waals surface area contributed by atoms with Crippen LogP contribution in [0.3, 0.4) is 0 Å². The Bertz CT molecular complexity index is 1040. The fourth-order valence-corrected chi connectivity index (χ4v) is 4.66. The fraction of sp³-hybridized carbons (Fsp3) is 0.316. The number of amides is 1. The first-order valence-corrected chi connectivity index (χ1v) is 12.2.